The molecule has 0 saturated heterocycles. The molecule has 0 aliphatic heterocycles. The van der Waals surface area contributed by atoms with E-state index in [0.717, 1.165) is 16.0 Å². The summed E-state index contributed by atoms with van der Waals surface area (Å²) in [7, 11) is 0. The van der Waals surface area contributed by atoms with Gasteiger partial charge in [-0.1, -0.05) is 30.3 Å². The standard InChI is InChI=1S/C15H17N3O2S/c16-20-10-9-18-15(19)12-7-5-11(6-8-12)13-3-1-2-4-14(13)21-17/h1-8H,9-10,16-17H2,(H,18,19). The Morgan fingerprint density at radius 2 is 1.86 bits per heavy atom. The van der Waals surface area contributed by atoms with E-state index in [4.69, 9.17) is 11.0 Å². The molecule has 2 rings (SSSR count). The summed E-state index contributed by atoms with van der Waals surface area (Å²) in [4.78, 5) is 17.3. The van der Waals surface area contributed by atoms with Crippen molar-refractivity contribution in [3.05, 3.63) is 54.1 Å². The zero-order valence-electron chi connectivity index (χ0n) is 11.4. The lowest BCUT2D eigenvalue weighted by Crippen LogP contribution is -2.27. The molecule has 0 aliphatic rings. The van der Waals surface area contributed by atoms with Crippen molar-refractivity contribution in [2.24, 2.45) is 11.0 Å². The predicted octanol–water partition coefficient (Wildman–Crippen LogP) is 1.94. The van der Waals surface area contributed by atoms with E-state index in [2.05, 4.69) is 10.2 Å². The predicted molar refractivity (Wildman–Crippen MR) is 84.4 cm³/mol. The highest BCUT2D eigenvalue weighted by atomic mass is 32.2. The van der Waals surface area contributed by atoms with Crippen LogP contribution in [0.5, 0.6) is 0 Å². The van der Waals surface area contributed by atoms with Crippen LogP contribution in [0.3, 0.4) is 0 Å². The van der Waals surface area contributed by atoms with Crippen LogP contribution < -0.4 is 16.4 Å². The first-order valence-corrected chi connectivity index (χ1v) is 7.30. The van der Waals surface area contributed by atoms with E-state index in [1.54, 1.807) is 12.1 Å². The Kier molecular flexibility index (Phi) is 5.77. The molecular formula is C15H17N3O2S. The van der Waals surface area contributed by atoms with Gasteiger partial charge in [-0.25, -0.2) is 5.90 Å². The Bertz CT molecular complexity index is 602. The maximum Gasteiger partial charge on any atom is 0.251 e. The number of carbonyl (C=O) groups is 1. The zero-order chi connectivity index (χ0) is 15.1. The van der Waals surface area contributed by atoms with Gasteiger partial charge in [0.1, 0.15) is 0 Å². The summed E-state index contributed by atoms with van der Waals surface area (Å²) < 4.78 is 0. The summed E-state index contributed by atoms with van der Waals surface area (Å²) in [6, 6.07) is 15.3. The van der Waals surface area contributed by atoms with E-state index in [1.807, 2.05) is 36.4 Å². The number of benzene rings is 2. The van der Waals surface area contributed by atoms with Gasteiger partial charge in [-0.05, 0) is 41.3 Å². The van der Waals surface area contributed by atoms with Gasteiger partial charge in [-0.3, -0.25) is 9.93 Å². The molecule has 0 heterocycles. The van der Waals surface area contributed by atoms with Gasteiger partial charge in [-0.2, -0.15) is 0 Å². The number of hydrogen-bond donors (Lipinski definition) is 3. The van der Waals surface area contributed by atoms with Gasteiger partial charge >= 0.3 is 0 Å². The highest BCUT2D eigenvalue weighted by Crippen LogP contribution is 2.28. The smallest absolute Gasteiger partial charge is 0.251 e. The topological polar surface area (TPSA) is 90.4 Å². The van der Waals surface area contributed by atoms with Crippen molar-refractivity contribution in [2.75, 3.05) is 13.2 Å². The molecule has 21 heavy (non-hydrogen) atoms. The summed E-state index contributed by atoms with van der Waals surface area (Å²) in [6.45, 7) is 0.661. The fourth-order valence-electron chi connectivity index (χ4n) is 1.93. The van der Waals surface area contributed by atoms with E-state index in [1.165, 1.54) is 11.9 Å². The molecule has 6 heteroatoms. The van der Waals surface area contributed by atoms with Crippen LogP contribution in [0.4, 0.5) is 0 Å². The SMILES string of the molecule is NOCCNC(=O)c1ccc(-c2ccccc2SN)cc1. The van der Waals surface area contributed by atoms with E-state index < -0.39 is 0 Å². The minimum atomic E-state index is -0.153. The van der Waals surface area contributed by atoms with Crippen LogP contribution in [0, 0.1) is 0 Å². The number of rotatable bonds is 6. The molecule has 5 N–H and O–H groups in total. The van der Waals surface area contributed by atoms with Gasteiger partial charge in [0.05, 0.1) is 6.61 Å². The Labute approximate surface area is 127 Å². The third kappa shape index (κ3) is 4.05. The molecule has 0 spiro atoms. The van der Waals surface area contributed by atoms with Gasteiger partial charge in [-0.15, -0.1) is 0 Å². The fourth-order valence-corrected chi connectivity index (χ4v) is 2.40. The second kappa shape index (κ2) is 7.80. The fraction of sp³-hybridized carbons (Fsp3) is 0.133. The number of nitrogens with two attached hydrogens (primary N) is 2. The van der Waals surface area contributed by atoms with Crippen molar-refractivity contribution in [2.45, 2.75) is 4.90 Å². The van der Waals surface area contributed by atoms with E-state index in [9.17, 15) is 4.79 Å². The summed E-state index contributed by atoms with van der Waals surface area (Å²) in [5.74, 6) is 4.75. The molecule has 0 saturated carbocycles. The Hall–Kier alpha value is -1.86. The van der Waals surface area contributed by atoms with Crippen molar-refractivity contribution in [1.29, 1.82) is 0 Å². The molecule has 1 amide bonds. The Morgan fingerprint density at radius 1 is 1.14 bits per heavy atom. The van der Waals surface area contributed by atoms with Crippen molar-refractivity contribution in [3.8, 4) is 11.1 Å². The molecule has 0 unspecified atom stereocenters. The number of nitrogens with one attached hydrogen (secondary N) is 1. The van der Waals surface area contributed by atoms with Crippen LogP contribution in [0.1, 0.15) is 10.4 Å². The second-order valence-electron chi connectivity index (χ2n) is 4.32. The van der Waals surface area contributed by atoms with E-state index >= 15 is 0 Å². The molecule has 0 atom stereocenters. The molecule has 2 aromatic carbocycles. The largest absolute Gasteiger partial charge is 0.350 e. The van der Waals surface area contributed by atoms with Crippen LogP contribution in [-0.2, 0) is 4.84 Å². The first kappa shape index (κ1) is 15.5. The van der Waals surface area contributed by atoms with Crippen LogP contribution >= 0.6 is 11.9 Å². The normalized spacial score (nSPS) is 10.4. The van der Waals surface area contributed by atoms with Crippen LogP contribution in [0.25, 0.3) is 11.1 Å². The number of carbonyl (C=O) groups excluding carboxylic acids is 1. The Balaban J connectivity index is 2.13. The average Bonchev–Trinajstić information content (AvgIpc) is 2.55. The summed E-state index contributed by atoms with van der Waals surface area (Å²) in [5, 5.41) is 8.38. The molecule has 2 aromatic rings. The molecule has 0 fully saturated rings. The highest BCUT2D eigenvalue weighted by Gasteiger charge is 2.07. The number of hydrogen-bond acceptors (Lipinski definition) is 5. The van der Waals surface area contributed by atoms with Gasteiger partial charge in [0.2, 0.25) is 0 Å². The van der Waals surface area contributed by atoms with Crippen molar-refractivity contribution in [1.82, 2.24) is 5.32 Å². The van der Waals surface area contributed by atoms with Crippen LogP contribution in [0.2, 0.25) is 0 Å². The minimum Gasteiger partial charge on any atom is -0.350 e. The monoisotopic (exact) mass is 303 g/mol. The van der Waals surface area contributed by atoms with Crippen molar-refractivity contribution >= 4 is 17.9 Å². The third-order valence-corrected chi connectivity index (χ3v) is 3.59. The molecule has 0 aromatic heterocycles. The maximum absolute atomic E-state index is 11.9. The first-order chi connectivity index (χ1) is 10.3. The molecule has 5 nitrogen and oxygen atoms in total. The molecule has 0 radical (unpaired) electrons. The highest BCUT2D eigenvalue weighted by molar-refractivity contribution is 7.97. The number of amides is 1. The van der Waals surface area contributed by atoms with E-state index in [0.29, 0.717) is 12.1 Å². The maximum atomic E-state index is 11.9. The molecular weight excluding hydrogens is 286 g/mol. The van der Waals surface area contributed by atoms with Gasteiger partial charge in [0.25, 0.3) is 5.91 Å². The van der Waals surface area contributed by atoms with Gasteiger partial charge < -0.3 is 10.2 Å². The van der Waals surface area contributed by atoms with Crippen molar-refractivity contribution < 1.29 is 9.63 Å². The lowest BCUT2D eigenvalue weighted by Gasteiger charge is -2.08. The minimum absolute atomic E-state index is 0.153. The second-order valence-corrected chi connectivity index (χ2v) is 4.99. The Morgan fingerprint density at radius 3 is 2.52 bits per heavy atom. The summed E-state index contributed by atoms with van der Waals surface area (Å²) in [5.41, 5.74) is 2.66. The van der Waals surface area contributed by atoms with Crippen molar-refractivity contribution in [3.63, 3.8) is 0 Å². The summed E-state index contributed by atoms with van der Waals surface area (Å²) in [6.07, 6.45) is 0. The molecule has 0 bridgehead atoms. The lowest BCUT2D eigenvalue weighted by atomic mass is 10.0. The van der Waals surface area contributed by atoms with E-state index in [-0.39, 0.29) is 12.5 Å². The van der Waals surface area contributed by atoms with Crippen LogP contribution in [-0.4, -0.2) is 19.1 Å². The quantitative estimate of drug-likeness (QED) is 0.431. The zero-order valence-corrected chi connectivity index (χ0v) is 12.2. The summed E-state index contributed by atoms with van der Waals surface area (Å²) >= 11 is 1.21. The molecule has 0 aliphatic carbocycles. The molecule has 110 valence electrons. The average molecular weight is 303 g/mol. The van der Waals surface area contributed by atoms with Gasteiger partial charge in [0.15, 0.2) is 0 Å². The first-order valence-electron chi connectivity index (χ1n) is 6.42. The lowest BCUT2D eigenvalue weighted by molar-refractivity contribution is 0.0917. The third-order valence-electron chi connectivity index (χ3n) is 2.98. The van der Waals surface area contributed by atoms with Crippen LogP contribution in [0.15, 0.2) is 53.4 Å². The van der Waals surface area contributed by atoms with Gasteiger partial charge in [0, 0.05) is 17.0 Å².